The maximum Gasteiger partial charge on any atom is 0.189 e. The largest absolute Gasteiger partial charge is 0.467 e. The summed E-state index contributed by atoms with van der Waals surface area (Å²) in [6, 6.07) is 4.19. The van der Waals surface area contributed by atoms with Gasteiger partial charge in [-0.05, 0) is 43.0 Å². The highest BCUT2D eigenvalue weighted by atomic mass is 16.7. The minimum absolute atomic E-state index is 0.366. The highest BCUT2D eigenvalue weighted by molar-refractivity contribution is 5.44. The predicted molar refractivity (Wildman–Crippen MR) is 63.4 cm³/mol. The first-order valence-electron chi connectivity index (χ1n) is 5.74. The summed E-state index contributed by atoms with van der Waals surface area (Å²) in [5.74, 6) is 1.48. The molecule has 0 spiro atoms. The smallest absolute Gasteiger partial charge is 0.189 e. The van der Waals surface area contributed by atoms with E-state index in [9.17, 15) is 0 Å². The van der Waals surface area contributed by atoms with Crippen LogP contribution in [0.15, 0.2) is 12.1 Å². The Labute approximate surface area is 96.5 Å². The number of rotatable bonds is 3. The van der Waals surface area contributed by atoms with E-state index in [1.807, 2.05) is 6.07 Å². The Balaban J connectivity index is 2.27. The van der Waals surface area contributed by atoms with Gasteiger partial charge in [-0.15, -0.1) is 0 Å². The Morgan fingerprint density at radius 1 is 1.44 bits per heavy atom. The normalized spacial score (nSPS) is 16.4. The van der Waals surface area contributed by atoms with E-state index in [-0.39, 0.29) is 0 Å². The van der Waals surface area contributed by atoms with E-state index in [4.69, 9.17) is 15.2 Å². The van der Waals surface area contributed by atoms with E-state index < -0.39 is 0 Å². The Morgan fingerprint density at radius 3 is 3.00 bits per heavy atom. The number of hydrogen-bond donors (Lipinski definition) is 1. The third-order valence-corrected chi connectivity index (χ3v) is 3.18. The molecule has 3 heteroatoms. The molecule has 0 amide bonds. The average Bonchev–Trinajstić information content (AvgIpc) is 2.33. The van der Waals surface area contributed by atoms with Crippen molar-refractivity contribution in [2.24, 2.45) is 11.7 Å². The quantitative estimate of drug-likeness (QED) is 0.849. The number of nitrogens with two attached hydrogens (primary N) is 1. The van der Waals surface area contributed by atoms with E-state index in [1.165, 1.54) is 16.7 Å². The lowest BCUT2D eigenvalue weighted by atomic mass is 9.94. The molecule has 0 radical (unpaired) electrons. The molecule has 88 valence electrons. The van der Waals surface area contributed by atoms with E-state index >= 15 is 0 Å². The molecule has 3 nitrogen and oxygen atoms in total. The van der Waals surface area contributed by atoms with Crippen molar-refractivity contribution < 1.29 is 9.47 Å². The van der Waals surface area contributed by atoms with Gasteiger partial charge in [0, 0.05) is 5.56 Å². The van der Waals surface area contributed by atoms with Crippen LogP contribution in [-0.4, -0.2) is 13.3 Å². The minimum Gasteiger partial charge on any atom is -0.467 e. The first kappa shape index (κ1) is 11.4. The molecule has 0 aliphatic carbocycles. The predicted octanol–water partition coefficient (Wildman–Crippen LogP) is 2.00. The van der Waals surface area contributed by atoms with E-state index in [2.05, 4.69) is 19.9 Å². The fraction of sp³-hybridized carbons (Fsp3) is 0.538. The van der Waals surface area contributed by atoms with Crippen molar-refractivity contribution in [2.45, 2.75) is 26.9 Å². The van der Waals surface area contributed by atoms with Crippen LogP contribution in [-0.2, 0) is 17.8 Å². The summed E-state index contributed by atoms with van der Waals surface area (Å²) in [5, 5.41) is 0. The zero-order valence-corrected chi connectivity index (χ0v) is 9.95. The van der Waals surface area contributed by atoms with E-state index in [0.717, 1.165) is 18.7 Å². The number of fused-ring (bicyclic) bond motifs is 1. The van der Waals surface area contributed by atoms with Gasteiger partial charge in [0.1, 0.15) is 5.75 Å². The van der Waals surface area contributed by atoms with Gasteiger partial charge in [-0.1, -0.05) is 13.0 Å². The Bertz CT molecular complexity index is 376. The topological polar surface area (TPSA) is 44.5 Å². The summed E-state index contributed by atoms with van der Waals surface area (Å²) in [6.07, 6.45) is 1.02. The second kappa shape index (κ2) is 4.85. The molecule has 1 unspecified atom stereocenters. The van der Waals surface area contributed by atoms with Crippen molar-refractivity contribution in [3.63, 3.8) is 0 Å². The van der Waals surface area contributed by atoms with Gasteiger partial charge in [0.15, 0.2) is 6.79 Å². The zero-order chi connectivity index (χ0) is 11.5. The summed E-state index contributed by atoms with van der Waals surface area (Å²) < 4.78 is 10.8. The van der Waals surface area contributed by atoms with Crippen molar-refractivity contribution >= 4 is 0 Å². The third-order valence-electron chi connectivity index (χ3n) is 3.18. The maximum absolute atomic E-state index is 5.66. The van der Waals surface area contributed by atoms with Crippen LogP contribution in [0.2, 0.25) is 0 Å². The van der Waals surface area contributed by atoms with Crippen LogP contribution < -0.4 is 10.5 Å². The second-order valence-electron chi connectivity index (χ2n) is 4.48. The monoisotopic (exact) mass is 221 g/mol. The van der Waals surface area contributed by atoms with Gasteiger partial charge in [-0.3, -0.25) is 0 Å². The molecule has 0 saturated carbocycles. The minimum atomic E-state index is 0.366. The van der Waals surface area contributed by atoms with Crippen LogP contribution in [0.5, 0.6) is 5.75 Å². The van der Waals surface area contributed by atoms with Gasteiger partial charge in [-0.25, -0.2) is 0 Å². The van der Waals surface area contributed by atoms with Crippen molar-refractivity contribution in [1.29, 1.82) is 0 Å². The Morgan fingerprint density at radius 2 is 2.25 bits per heavy atom. The Kier molecular flexibility index (Phi) is 3.46. The van der Waals surface area contributed by atoms with Crippen molar-refractivity contribution in [2.75, 3.05) is 13.3 Å². The van der Waals surface area contributed by atoms with Gasteiger partial charge >= 0.3 is 0 Å². The van der Waals surface area contributed by atoms with E-state index in [1.54, 1.807) is 0 Å². The van der Waals surface area contributed by atoms with Gasteiger partial charge in [0.2, 0.25) is 0 Å². The molecule has 16 heavy (non-hydrogen) atoms. The third kappa shape index (κ3) is 2.20. The molecule has 1 aromatic carbocycles. The second-order valence-corrected chi connectivity index (χ2v) is 4.48. The summed E-state index contributed by atoms with van der Waals surface area (Å²) in [6.45, 7) is 6.06. The molecule has 0 bridgehead atoms. The van der Waals surface area contributed by atoms with Crippen molar-refractivity contribution in [3.8, 4) is 5.75 Å². The number of hydrogen-bond acceptors (Lipinski definition) is 3. The van der Waals surface area contributed by atoms with Gasteiger partial charge in [0.05, 0.1) is 6.61 Å². The molecule has 2 N–H and O–H groups in total. The lowest BCUT2D eigenvalue weighted by molar-refractivity contribution is -0.0167. The average molecular weight is 221 g/mol. The Hall–Kier alpha value is -1.06. The molecule has 1 aliphatic rings. The first-order valence-corrected chi connectivity index (χ1v) is 5.74. The molecule has 1 aromatic rings. The van der Waals surface area contributed by atoms with Gasteiger partial charge in [-0.2, -0.15) is 0 Å². The fourth-order valence-corrected chi connectivity index (χ4v) is 2.02. The van der Waals surface area contributed by atoms with Crippen LogP contribution in [0.25, 0.3) is 0 Å². The number of benzene rings is 1. The summed E-state index contributed by atoms with van der Waals surface area (Å²) in [7, 11) is 0. The first-order chi connectivity index (χ1) is 7.72. The van der Waals surface area contributed by atoms with Gasteiger partial charge in [0.25, 0.3) is 0 Å². The zero-order valence-electron chi connectivity index (χ0n) is 9.95. The van der Waals surface area contributed by atoms with Crippen LogP contribution in [0.1, 0.15) is 23.6 Å². The van der Waals surface area contributed by atoms with Gasteiger partial charge < -0.3 is 15.2 Å². The maximum atomic E-state index is 5.66. The summed E-state index contributed by atoms with van der Waals surface area (Å²) >= 11 is 0. The molecule has 0 saturated heterocycles. The molecular weight excluding hydrogens is 202 g/mol. The molecule has 2 rings (SSSR count). The summed E-state index contributed by atoms with van der Waals surface area (Å²) in [4.78, 5) is 0. The lowest BCUT2D eigenvalue weighted by Crippen LogP contribution is -2.16. The molecule has 0 fully saturated rings. The molecule has 1 atom stereocenters. The standard InChI is InChI=1S/C13H19NO2/c1-9(6-14)5-11-3-4-13-12(10(11)2)7-15-8-16-13/h3-4,9H,5-8,14H2,1-2H3. The van der Waals surface area contributed by atoms with Crippen LogP contribution >= 0.6 is 0 Å². The van der Waals surface area contributed by atoms with E-state index in [0.29, 0.717) is 19.3 Å². The lowest BCUT2D eigenvalue weighted by Gasteiger charge is -2.22. The van der Waals surface area contributed by atoms with Crippen LogP contribution in [0, 0.1) is 12.8 Å². The fourth-order valence-electron chi connectivity index (χ4n) is 2.02. The summed E-state index contributed by atoms with van der Waals surface area (Å²) in [5.41, 5.74) is 9.49. The van der Waals surface area contributed by atoms with Crippen LogP contribution in [0.4, 0.5) is 0 Å². The molecule has 1 aliphatic heterocycles. The van der Waals surface area contributed by atoms with Crippen LogP contribution in [0.3, 0.4) is 0 Å². The van der Waals surface area contributed by atoms with Crippen molar-refractivity contribution in [3.05, 3.63) is 28.8 Å². The molecule has 1 heterocycles. The number of ether oxygens (including phenoxy) is 2. The SMILES string of the molecule is Cc1c(CC(C)CN)ccc2c1COCO2. The molecule has 0 aromatic heterocycles. The van der Waals surface area contributed by atoms with Crippen molar-refractivity contribution in [1.82, 2.24) is 0 Å². The highest BCUT2D eigenvalue weighted by Gasteiger charge is 2.16. The highest BCUT2D eigenvalue weighted by Crippen LogP contribution is 2.29. The molecular formula is C13H19NO2.